The molecule has 1 N–H and O–H groups in total. The van der Waals surface area contributed by atoms with Crippen LogP contribution in [-0.2, 0) is 0 Å². The Kier molecular flexibility index (Phi) is 15.6. The molecule has 0 aliphatic rings. The molecule has 3 nitrogen and oxygen atoms in total. The minimum absolute atomic E-state index is 0.600. The number of nitrogens with one attached hydrogen (secondary N) is 1. The highest BCUT2D eigenvalue weighted by Crippen LogP contribution is 2.48. The lowest BCUT2D eigenvalue weighted by molar-refractivity contribution is 1.25. The molecule has 8 aromatic carbocycles. The van der Waals surface area contributed by atoms with Crippen LogP contribution in [0.15, 0.2) is 215 Å². The van der Waals surface area contributed by atoms with Gasteiger partial charge >= 0.3 is 0 Å². The van der Waals surface area contributed by atoms with Crippen LogP contribution in [0.3, 0.4) is 0 Å². The van der Waals surface area contributed by atoms with E-state index < -0.39 is 0 Å². The molecule has 0 saturated carbocycles. The van der Waals surface area contributed by atoms with Gasteiger partial charge in [0.05, 0.1) is 21.4 Å². The van der Waals surface area contributed by atoms with Gasteiger partial charge in [0.2, 0.25) is 0 Å². The summed E-state index contributed by atoms with van der Waals surface area (Å²) in [5.74, 6) is 0. The smallest absolute Gasteiger partial charge is 0.0888 e. The highest BCUT2D eigenvalue weighted by molar-refractivity contribution is 9.11. The SMILES string of the molecule is Clc1cc(Br)c(Cl)c(Br)c1.Clc1cc(N(c2ccccc2)c2ccccc2)c(Cl)c(N(c2ccccc2)c2ccccc2)c1.c1ccc(Nc2ccccc2)cc1. The van der Waals surface area contributed by atoms with Gasteiger partial charge in [0.15, 0.2) is 0 Å². The van der Waals surface area contributed by atoms with E-state index in [9.17, 15) is 0 Å². The van der Waals surface area contributed by atoms with Crippen molar-refractivity contribution < 1.29 is 0 Å². The van der Waals surface area contributed by atoms with E-state index in [1.807, 2.05) is 146 Å². The average molecular weight is 955 g/mol. The predicted molar refractivity (Wildman–Crippen MR) is 254 cm³/mol. The molecule has 0 aliphatic carbocycles. The Morgan fingerprint density at radius 3 is 0.895 bits per heavy atom. The summed E-state index contributed by atoms with van der Waals surface area (Å²) >= 11 is 32.0. The van der Waals surface area contributed by atoms with Crippen molar-refractivity contribution in [2.75, 3.05) is 15.1 Å². The highest BCUT2D eigenvalue weighted by atomic mass is 79.9. The van der Waals surface area contributed by atoms with Crippen LogP contribution in [0.5, 0.6) is 0 Å². The van der Waals surface area contributed by atoms with E-state index in [1.165, 1.54) is 0 Å². The maximum atomic E-state index is 7.23. The Hall–Kier alpha value is -4.72. The van der Waals surface area contributed by atoms with Gasteiger partial charge in [-0.25, -0.2) is 0 Å². The number of rotatable bonds is 8. The van der Waals surface area contributed by atoms with Gasteiger partial charge in [-0.3, -0.25) is 0 Å². The zero-order valence-corrected chi connectivity index (χ0v) is 36.5. The van der Waals surface area contributed by atoms with Crippen molar-refractivity contribution in [2.24, 2.45) is 0 Å². The molecule has 284 valence electrons. The third-order valence-corrected chi connectivity index (χ3v) is 11.3. The van der Waals surface area contributed by atoms with Gasteiger partial charge in [-0.2, -0.15) is 0 Å². The van der Waals surface area contributed by atoms with Crippen LogP contribution in [0.1, 0.15) is 0 Å². The molecule has 9 heteroatoms. The molecule has 0 bridgehead atoms. The van der Waals surface area contributed by atoms with Crippen LogP contribution in [0.4, 0.5) is 45.5 Å². The van der Waals surface area contributed by atoms with E-state index >= 15 is 0 Å². The molecule has 8 rings (SSSR count). The van der Waals surface area contributed by atoms with Crippen molar-refractivity contribution in [3.05, 3.63) is 235 Å². The summed E-state index contributed by atoms with van der Waals surface area (Å²) in [4.78, 5) is 4.26. The standard InChI is InChI=1S/C30H22Cl2N2.C12H11N.C6H2Br2Cl2/c31-23-21-28(33(24-13-5-1-6-14-24)25-15-7-2-8-16-25)30(32)29(22-23)34(26-17-9-3-10-18-26)27-19-11-4-12-20-27;1-3-7-11(8-4-1)13-12-9-5-2-6-10-12;7-4-1-3(9)2-5(8)6(4)10/h1-22H;1-10,13H;1-2H. The van der Waals surface area contributed by atoms with Crippen molar-refractivity contribution in [1.82, 2.24) is 0 Å². The molecule has 57 heavy (non-hydrogen) atoms. The fraction of sp³-hybridized carbons (Fsp3) is 0. The van der Waals surface area contributed by atoms with E-state index in [0.29, 0.717) is 20.1 Å². The molecular weight excluding hydrogens is 920 g/mol. The molecule has 0 saturated heterocycles. The third-order valence-electron chi connectivity index (χ3n) is 8.32. The molecule has 0 aliphatic heterocycles. The van der Waals surface area contributed by atoms with E-state index in [-0.39, 0.29) is 0 Å². The van der Waals surface area contributed by atoms with Crippen LogP contribution < -0.4 is 15.1 Å². The summed E-state index contributed by atoms with van der Waals surface area (Å²) in [5.41, 5.74) is 7.83. The zero-order chi connectivity index (χ0) is 40.0. The Bertz CT molecular complexity index is 2200. The number of anilines is 8. The monoisotopic (exact) mass is 951 g/mol. The average Bonchev–Trinajstić information content (AvgIpc) is 3.24. The largest absolute Gasteiger partial charge is 0.356 e. The van der Waals surface area contributed by atoms with Crippen molar-refractivity contribution in [3.63, 3.8) is 0 Å². The van der Waals surface area contributed by atoms with Gasteiger partial charge in [-0.1, -0.05) is 156 Å². The van der Waals surface area contributed by atoms with Gasteiger partial charge in [-0.15, -0.1) is 0 Å². The van der Waals surface area contributed by atoms with Crippen LogP contribution in [0.25, 0.3) is 0 Å². The second-order valence-electron chi connectivity index (χ2n) is 12.3. The highest BCUT2D eigenvalue weighted by Gasteiger charge is 2.23. The first-order valence-corrected chi connectivity index (χ1v) is 20.8. The molecule has 0 radical (unpaired) electrons. The zero-order valence-electron chi connectivity index (χ0n) is 30.3. The third kappa shape index (κ3) is 11.7. The van der Waals surface area contributed by atoms with E-state index in [2.05, 4.69) is 95.5 Å². The molecule has 0 aromatic heterocycles. The van der Waals surface area contributed by atoms with Gasteiger partial charge in [0.1, 0.15) is 0 Å². The quantitative estimate of drug-likeness (QED) is 0.121. The number of nitrogens with zero attached hydrogens (tertiary/aromatic N) is 2. The Balaban J connectivity index is 0.000000193. The molecule has 0 atom stereocenters. The van der Waals surface area contributed by atoms with E-state index in [4.69, 9.17) is 46.4 Å². The van der Waals surface area contributed by atoms with Crippen molar-refractivity contribution in [2.45, 2.75) is 0 Å². The van der Waals surface area contributed by atoms with Gasteiger partial charge < -0.3 is 15.1 Å². The number of halogens is 6. The topological polar surface area (TPSA) is 18.5 Å². The number of hydrogen-bond donors (Lipinski definition) is 1. The number of para-hydroxylation sites is 6. The maximum absolute atomic E-state index is 7.23. The lowest BCUT2D eigenvalue weighted by Crippen LogP contribution is -2.14. The summed E-state index contributed by atoms with van der Waals surface area (Å²) in [6.07, 6.45) is 0. The van der Waals surface area contributed by atoms with Crippen LogP contribution in [-0.4, -0.2) is 0 Å². The second-order valence-corrected chi connectivity index (χ2v) is 15.6. The van der Waals surface area contributed by atoms with Crippen LogP contribution in [0, 0.1) is 0 Å². The molecule has 8 aromatic rings. The fourth-order valence-electron chi connectivity index (χ4n) is 5.78. The molecular formula is C48H35Br2Cl4N3. The minimum Gasteiger partial charge on any atom is -0.356 e. The summed E-state index contributed by atoms with van der Waals surface area (Å²) in [6.45, 7) is 0. The lowest BCUT2D eigenvalue weighted by atomic mass is 10.1. The first-order valence-electron chi connectivity index (χ1n) is 17.7. The first-order chi connectivity index (χ1) is 27.8. The Morgan fingerprint density at radius 2 is 0.596 bits per heavy atom. The summed E-state index contributed by atoms with van der Waals surface area (Å²) in [7, 11) is 0. The lowest BCUT2D eigenvalue weighted by Gasteiger charge is -2.31. The Labute approximate surface area is 371 Å². The van der Waals surface area contributed by atoms with Crippen LogP contribution >= 0.6 is 78.3 Å². The number of benzene rings is 8. The first kappa shape index (κ1) is 41.9. The van der Waals surface area contributed by atoms with E-state index in [0.717, 1.165) is 54.4 Å². The van der Waals surface area contributed by atoms with Gasteiger partial charge in [-0.05, 0) is 129 Å². The molecule has 0 amide bonds. The van der Waals surface area contributed by atoms with Crippen LogP contribution in [0.2, 0.25) is 20.1 Å². The predicted octanol–water partition coefficient (Wildman–Crippen LogP) is 17.9. The maximum Gasteiger partial charge on any atom is 0.0888 e. The van der Waals surface area contributed by atoms with Gasteiger partial charge in [0.25, 0.3) is 0 Å². The van der Waals surface area contributed by atoms with Crippen molar-refractivity contribution in [1.29, 1.82) is 0 Å². The van der Waals surface area contributed by atoms with Crippen molar-refractivity contribution >= 4 is 124 Å². The molecule has 0 fully saturated rings. The van der Waals surface area contributed by atoms with Gasteiger partial charge in [0, 0.05) is 53.1 Å². The Morgan fingerprint density at radius 1 is 0.333 bits per heavy atom. The van der Waals surface area contributed by atoms with E-state index in [1.54, 1.807) is 12.1 Å². The summed E-state index contributed by atoms with van der Waals surface area (Å²) in [5, 5.41) is 5.80. The van der Waals surface area contributed by atoms with Crippen molar-refractivity contribution in [3.8, 4) is 0 Å². The molecule has 0 spiro atoms. The normalized spacial score (nSPS) is 10.3. The molecule has 0 heterocycles. The summed E-state index contributed by atoms with van der Waals surface area (Å²) < 4.78 is 1.60. The minimum atomic E-state index is 0.600. The second kappa shape index (κ2) is 21.2. The number of hydrogen-bond acceptors (Lipinski definition) is 3. The fourth-order valence-corrected chi connectivity index (χ4v) is 8.05. The molecule has 0 unspecified atom stereocenters. The summed E-state index contributed by atoms with van der Waals surface area (Å²) in [6, 6.07) is 68.3.